The number of hydrogen-bond acceptors (Lipinski definition) is 3. The van der Waals surface area contributed by atoms with Crippen LogP contribution in [-0.4, -0.2) is 42.3 Å². The third-order valence-corrected chi connectivity index (χ3v) is 4.70. The molecule has 30 heavy (non-hydrogen) atoms. The van der Waals surface area contributed by atoms with Crippen LogP contribution >= 0.6 is 0 Å². The summed E-state index contributed by atoms with van der Waals surface area (Å²) in [5.41, 5.74) is 4.16. The van der Waals surface area contributed by atoms with Crippen molar-refractivity contribution in [2.75, 3.05) is 20.6 Å². The molecule has 3 rings (SSSR count). The second-order valence-corrected chi connectivity index (χ2v) is 6.91. The zero-order chi connectivity index (χ0) is 21.2. The minimum Gasteiger partial charge on any atom is -0.356 e. The molecule has 0 unspecified atom stereocenters. The minimum atomic E-state index is -0.0722. The quantitative estimate of drug-likeness (QED) is 0.397. The Balaban J connectivity index is 1.48. The van der Waals surface area contributed by atoms with Crippen LogP contribution in [0.1, 0.15) is 27.0 Å². The second kappa shape index (κ2) is 10.8. The average Bonchev–Trinajstić information content (AvgIpc) is 3.29. The van der Waals surface area contributed by atoms with E-state index in [1.807, 2.05) is 41.2 Å². The van der Waals surface area contributed by atoms with Gasteiger partial charge in [0.05, 0.1) is 6.54 Å². The highest BCUT2D eigenvalue weighted by molar-refractivity contribution is 5.94. The lowest BCUT2D eigenvalue weighted by Crippen LogP contribution is -2.37. The van der Waals surface area contributed by atoms with Crippen LogP contribution in [-0.2, 0) is 19.5 Å². The van der Waals surface area contributed by atoms with Crippen molar-refractivity contribution < 1.29 is 4.79 Å². The highest BCUT2D eigenvalue weighted by atomic mass is 16.1. The van der Waals surface area contributed by atoms with Crippen LogP contribution in [0.2, 0.25) is 0 Å². The minimum absolute atomic E-state index is 0.0722. The third kappa shape index (κ3) is 6.20. The molecular weight excluding hydrogens is 376 g/mol. The molecule has 1 amide bonds. The summed E-state index contributed by atoms with van der Waals surface area (Å²) in [5, 5.41) is 13.6. The Morgan fingerprint density at radius 1 is 1.03 bits per heavy atom. The summed E-state index contributed by atoms with van der Waals surface area (Å²) in [7, 11) is 3.40. The van der Waals surface area contributed by atoms with Crippen LogP contribution in [0.5, 0.6) is 0 Å². The van der Waals surface area contributed by atoms with E-state index in [-0.39, 0.29) is 5.91 Å². The van der Waals surface area contributed by atoms with Crippen molar-refractivity contribution in [2.24, 2.45) is 4.99 Å². The van der Waals surface area contributed by atoms with Crippen LogP contribution in [0.25, 0.3) is 0 Å². The lowest BCUT2D eigenvalue weighted by molar-refractivity contribution is 0.0963. The van der Waals surface area contributed by atoms with Crippen LogP contribution in [0.4, 0.5) is 0 Å². The fourth-order valence-electron chi connectivity index (χ4n) is 3.16. The van der Waals surface area contributed by atoms with Gasteiger partial charge < -0.3 is 16.0 Å². The van der Waals surface area contributed by atoms with E-state index in [1.165, 1.54) is 11.1 Å². The number of nitrogens with one attached hydrogen (secondary N) is 3. The van der Waals surface area contributed by atoms with E-state index >= 15 is 0 Å². The van der Waals surface area contributed by atoms with E-state index in [0.29, 0.717) is 12.1 Å². The Morgan fingerprint density at radius 2 is 1.83 bits per heavy atom. The first kappa shape index (κ1) is 21.1. The fraction of sp³-hybridized carbons (Fsp3) is 0.261. The number of guanidine groups is 1. The van der Waals surface area contributed by atoms with Crippen molar-refractivity contribution in [2.45, 2.75) is 19.5 Å². The first-order valence-corrected chi connectivity index (χ1v) is 9.98. The highest BCUT2D eigenvalue weighted by Crippen LogP contribution is 2.07. The predicted molar refractivity (Wildman–Crippen MR) is 120 cm³/mol. The molecule has 3 N–H and O–H groups in total. The summed E-state index contributed by atoms with van der Waals surface area (Å²) >= 11 is 0. The van der Waals surface area contributed by atoms with Gasteiger partial charge in [0.2, 0.25) is 0 Å². The molecule has 7 nitrogen and oxygen atoms in total. The first-order chi connectivity index (χ1) is 14.7. The van der Waals surface area contributed by atoms with Gasteiger partial charge >= 0.3 is 0 Å². The Bertz CT molecular complexity index is 981. The monoisotopic (exact) mass is 404 g/mol. The van der Waals surface area contributed by atoms with Gasteiger partial charge in [-0.05, 0) is 41.3 Å². The van der Waals surface area contributed by atoms with Crippen LogP contribution < -0.4 is 16.0 Å². The average molecular weight is 405 g/mol. The molecule has 1 aromatic heterocycles. The SMILES string of the molecule is CN=C(NCCc1cccc(C(=O)NC)c1)NCc1cccc(Cn2cccn2)c1. The Kier molecular flexibility index (Phi) is 7.60. The Hall–Kier alpha value is -3.61. The van der Waals surface area contributed by atoms with Crippen LogP contribution in [0.3, 0.4) is 0 Å². The number of benzene rings is 2. The summed E-state index contributed by atoms with van der Waals surface area (Å²) in [6.07, 6.45) is 4.54. The van der Waals surface area contributed by atoms with Gasteiger partial charge in [0.1, 0.15) is 0 Å². The number of carbonyl (C=O) groups is 1. The molecule has 0 radical (unpaired) electrons. The van der Waals surface area contributed by atoms with E-state index in [4.69, 9.17) is 0 Å². The first-order valence-electron chi connectivity index (χ1n) is 9.98. The van der Waals surface area contributed by atoms with Gasteiger partial charge in [-0.2, -0.15) is 5.10 Å². The molecule has 0 fully saturated rings. The van der Waals surface area contributed by atoms with Crippen molar-refractivity contribution in [1.29, 1.82) is 0 Å². The molecule has 0 saturated heterocycles. The molecule has 0 aliphatic heterocycles. The summed E-state index contributed by atoms with van der Waals surface area (Å²) in [6, 6.07) is 18.0. The van der Waals surface area contributed by atoms with Gasteiger partial charge in [0, 0.05) is 45.1 Å². The normalized spacial score (nSPS) is 11.2. The van der Waals surface area contributed by atoms with Crippen molar-refractivity contribution >= 4 is 11.9 Å². The van der Waals surface area contributed by atoms with E-state index in [0.717, 1.165) is 31.0 Å². The largest absolute Gasteiger partial charge is 0.356 e. The van der Waals surface area contributed by atoms with Crippen molar-refractivity contribution in [1.82, 2.24) is 25.7 Å². The number of rotatable bonds is 8. The van der Waals surface area contributed by atoms with Crippen molar-refractivity contribution in [3.63, 3.8) is 0 Å². The van der Waals surface area contributed by atoms with Gasteiger partial charge in [0.25, 0.3) is 5.91 Å². The summed E-state index contributed by atoms with van der Waals surface area (Å²) in [5.74, 6) is 0.673. The highest BCUT2D eigenvalue weighted by Gasteiger charge is 2.04. The molecule has 0 saturated carbocycles. The Morgan fingerprint density at radius 3 is 2.60 bits per heavy atom. The maximum atomic E-state index is 11.8. The molecule has 0 atom stereocenters. The van der Waals surface area contributed by atoms with E-state index in [1.54, 1.807) is 20.3 Å². The number of nitrogens with zero attached hydrogens (tertiary/aromatic N) is 3. The number of carbonyl (C=O) groups excluding carboxylic acids is 1. The van der Waals surface area contributed by atoms with Crippen LogP contribution in [0, 0.1) is 0 Å². The van der Waals surface area contributed by atoms with Gasteiger partial charge in [-0.1, -0.05) is 36.4 Å². The lowest BCUT2D eigenvalue weighted by Gasteiger charge is -2.13. The van der Waals surface area contributed by atoms with Gasteiger partial charge in [-0.3, -0.25) is 14.5 Å². The zero-order valence-corrected chi connectivity index (χ0v) is 17.4. The molecule has 1 heterocycles. The van der Waals surface area contributed by atoms with Gasteiger partial charge in [0.15, 0.2) is 5.96 Å². The fourth-order valence-corrected chi connectivity index (χ4v) is 3.16. The number of hydrogen-bond donors (Lipinski definition) is 3. The molecule has 2 aromatic carbocycles. The van der Waals surface area contributed by atoms with Crippen molar-refractivity contribution in [3.05, 3.63) is 89.2 Å². The van der Waals surface area contributed by atoms with Gasteiger partial charge in [-0.15, -0.1) is 0 Å². The molecule has 0 bridgehead atoms. The maximum Gasteiger partial charge on any atom is 0.251 e. The van der Waals surface area contributed by atoms with Crippen LogP contribution in [0.15, 0.2) is 72.0 Å². The lowest BCUT2D eigenvalue weighted by atomic mass is 10.1. The van der Waals surface area contributed by atoms with Gasteiger partial charge in [-0.25, -0.2) is 0 Å². The molecule has 7 heteroatoms. The summed E-state index contributed by atoms with van der Waals surface area (Å²) < 4.78 is 1.91. The topological polar surface area (TPSA) is 83.3 Å². The van der Waals surface area contributed by atoms with Crippen molar-refractivity contribution in [3.8, 4) is 0 Å². The molecule has 0 aliphatic rings. The molecule has 3 aromatic rings. The molecule has 156 valence electrons. The standard InChI is InChI=1S/C23H28N6O/c1-24-22(30)21-9-4-6-18(15-21)10-12-26-23(25-2)27-16-19-7-3-8-20(14-19)17-29-13-5-11-28-29/h3-9,11,13-15H,10,12,16-17H2,1-2H3,(H,24,30)(H2,25,26,27). The molecule has 0 spiro atoms. The summed E-state index contributed by atoms with van der Waals surface area (Å²) in [4.78, 5) is 16.1. The van der Waals surface area contributed by atoms with E-state index < -0.39 is 0 Å². The number of aromatic nitrogens is 2. The Labute approximate surface area is 177 Å². The number of amides is 1. The van der Waals surface area contributed by atoms with E-state index in [2.05, 4.69) is 50.3 Å². The predicted octanol–water partition coefficient (Wildman–Crippen LogP) is 2.20. The van der Waals surface area contributed by atoms with E-state index in [9.17, 15) is 4.79 Å². The third-order valence-electron chi connectivity index (χ3n) is 4.70. The molecular formula is C23H28N6O. The smallest absolute Gasteiger partial charge is 0.251 e. The second-order valence-electron chi connectivity index (χ2n) is 6.91. The molecule has 0 aliphatic carbocycles. The number of aliphatic imine (C=N–C) groups is 1. The zero-order valence-electron chi connectivity index (χ0n) is 17.4. The maximum absolute atomic E-state index is 11.8. The summed E-state index contributed by atoms with van der Waals surface area (Å²) in [6.45, 7) is 2.15.